The topological polar surface area (TPSA) is 24.9 Å². The van der Waals surface area contributed by atoms with Crippen molar-refractivity contribution in [1.82, 2.24) is 4.98 Å². The first-order valence-corrected chi connectivity index (χ1v) is 6.59. The van der Waals surface area contributed by atoms with Crippen LogP contribution in [0, 0.1) is 5.82 Å². The van der Waals surface area contributed by atoms with E-state index in [0.29, 0.717) is 5.52 Å². The molecule has 0 fully saturated rings. The molecule has 0 unspecified atom stereocenters. The molecule has 0 atom stereocenters. The molecule has 4 heteroatoms. The van der Waals surface area contributed by atoms with Gasteiger partial charge in [0.25, 0.3) is 0 Å². The summed E-state index contributed by atoms with van der Waals surface area (Å²) in [6.07, 6.45) is 1.60. The first kappa shape index (κ1) is 12.1. The number of benzene rings is 2. The van der Waals surface area contributed by atoms with E-state index in [0.717, 1.165) is 21.2 Å². The quantitative estimate of drug-likeness (QED) is 0.728. The number of nitrogens with zero attached hydrogens (tertiary/aromatic N) is 1. The summed E-state index contributed by atoms with van der Waals surface area (Å²) in [6, 6.07) is 14.6. The van der Waals surface area contributed by atoms with E-state index >= 15 is 0 Å². The van der Waals surface area contributed by atoms with Gasteiger partial charge in [-0.1, -0.05) is 28.1 Å². The molecule has 1 N–H and O–H groups in total. The average Bonchev–Trinajstić information content (AvgIpc) is 2.43. The Morgan fingerprint density at radius 3 is 2.58 bits per heavy atom. The Hall–Kier alpha value is -1.94. The Bertz CT molecular complexity index is 726. The maximum absolute atomic E-state index is 13.7. The molecule has 2 nitrogen and oxygen atoms in total. The summed E-state index contributed by atoms with van der Waals surface area (Å²) in [6.45, 7) is 0. The van der Waals surface area contributed by atoms with Crippen molar-refractivity contribution in [3.63, 3.8) is 0 Å². The fourth-order valence-corrected chi connectivity index (χ4v) is 2.20. The van der Waals surface area contributed by atoms with Crippen molar-refractivity contribution >= 4 is 38.2 Å². The molecule has 0 amide bonds. The predicted octanol–water partition coefficient (Wildman–Crippen LogP) is 4.88. The zero-order valence-electron chi connectivity index (χ0n) is 9.90. The molecule has 0 aliphatic carbocycles. The first-order valence-electron chi connectivity index (χ1n) is 5.80. The number of fused-ring (bicyclic) bond motifs is 1. The maximum atomic E-state index is 13.7. The van der Waals surface area contributed by atoms with E-state index in [9.17, 15) is 4.39 Å². The fourth-order valence-electron chi connectivity index (χ4n) is 1.94. The number of hydrogen-bond acceptors (Lipinski definition) is 2. The smallest absolute Gasteiger partial charge is 0.149 e. The number of halogens is 2. The number of hydrogen-bond donors (Lipinski definition) is 1. The molecule has 1 heterocycles. The standard InChI is InChI=1S/C15H10BrFN2/c16-10-4-6-11(7-5-10)19-14-8-9-18-15-12(14)2-1-3-13(15)17/h1-9H,(H,18,19). The van der Waals surface area contributed by atoms with Crippen LogP contribution >= 0.6 is 15.9 Å². The molecule has 2 aromatic carbocycles. The average molecular weight is 317 g/mol. The van der Waals surface area contributed by atoms with Crippen LogP contribution in [0.25, 0.3) is 10.9 Å². The van der Waals surface area contributed by atoms with Crippen LogP contribution in [0.3, 0.4) is 0 Å². The van der Waals surface area contributed by atoms with Crippen LogP contribution in [-0.2, 0) is 0 Å². The second kappa shape index (κ2) is 4.97. The van der Waals surface area contributed by atoms with Gasteiger partial charge in [0.1, 0.15) is 11.3 Å². The molecule has 0 radical (unpaired) electrons. The van der Waals surface area contributed by atoms with Crippen LogP contribution in [0.5, 0.6) is 0 Å². The summed E-state index contributed by atoms with van der Waals surface area (Å²) in [5.41, 5.74) is 2.16. The Kier molecular flexibility index (Phi) is 3.17. The summed E-state index contributed by atoms with van der Waals surface area (Å²) in [7, 11) is 0. The molecule has 94 valence electrons. The minimum atomic E-state index is -0.308. The van der Waals surface area contributed by atoms with Gasteiger partial charge in [-0.15, -0.1) is 0 Å². The summed E-state index contributed by atoms with van der Waals surface area (Å²) < 4.78 is 14.7. The van der Waals surface area contributed by atoms with Gasteiger partial charge in [0.2, 0.25) is 0 Å². The van der Waals surface area contributed by atoms with Crippen LogP contribution in [0.4, 0.5) is 15.8 Å². The van der Waals surface area contributed by atoms with Crippen molar-refractivity contribution in [3.8, 4) is 0 Å². The third-order valence-electron chi connectivity index (χ3n) is 2.85. The van der Waals surface area contributed by atoms with E-state index in [1.165, 1.54) is 6.07 Å². The monoisotopic (exact) mass is 316 g/mol. The van der Waals surface area contributed by atoms with E-state index in [-0.39, 0.29) is 5.82 Å². The number of pyridine rings is 1. The minimum absolute atomic E-state index is 0.308. The van der Waals surface area contributed by atoms with Gasteiger partial charge in [0.05, 0.1) is 0 Å². The largest absolute Gasteiger partial charge is 0.355 e. The lowest BCUT2D eigenvalue weighted by molar-refractivity contribution is 0.637. The van der Waals surface area contributed by atoms with Crippen LogP contribution < -0.4 is 5.32 Å². The molecule has 0 aliphatic rings. The van der Waals surface area contributed by atoms with Crippen molar-refractivity contribution in [2.24, 2.45) is 0 Å². The van der Waals surface area contributed by atoms with Crippen molar-refractivity contribution in [2.45, 2.75) is 0 Å². The number of anilines is 2. The first-order chi connectivity index (χ1) is 9.24. The van der Waals surface area contributed by atoms with Crippen molar-refractivity contribution in [2.75, 3.05) is 5.32 Å². The van der Waals surface area contributed by atoms with Crippen molar-refractivity contribution in [1.29, 1.82) is 0 Å². The highest BCUT2D eigenvalue weighted by Gasteiger charge is 2.05. The van der Waals surface area contributed by atoms with Gasteiger partial charge >= 0.3 is 0 Å². The summed E-state index contributed by atoms with van der Waals surface area (Å²) >= 11 is 3.39. The number of aromatic nitrogens is 1. The Balaban J connectivity index is 2.06. The molecule has 19 heavy (non-hydrogen) atoms. The van der Waals surface area contributed by atoms with Gasteiger partial charge in [-0.25, -0.2) is 4.39 Å². The minimum Gasteiger partial charge on any atom is -0.355 e. The van der Waals surface area contributed by atoms with Crippen LogP contribution in [0.1, 0.15) is 0 Å². The molecule has 0 aliphatic heterocycles. The number of nitrogens with one attached hydrogen (secondary N) is 1. The molecular weight excluding hydrogens is 307 g/mol. The fraction of sp³-hybridized carbons (Fsp3) is 0. The highest BCUT2D eigenvalue weighted by atomic mass is 79.9. The van der Waals surface area contributed by atoms with E-state index in [2.05, 4.69) is 26.2 Å². The lowest BCUT2D eigenvalue weighted by Gasteiger charge is -2.09. The molecule has 0 saturated carbocycles. The van der Waals surface area contributed by atoms with Gasteiger partial charge in [-0.05, 0) is 36.4 Å². The van der Waals surface area contributed by atoms with Gasteiger partial charge in [-0.2, -0.15) is 0 Å². The predicted molar refractivity (Wildman–Crippen MR) is 79.1 cm³/mol. The number of rotatable bonds is 2. The second-order valence-corrected chi connectivity index (χ2v) is 5.04. The van der Waals surface area contributed by atoms with Gasteiger partial charge < -0.3 is 5.32 Å². The van der Waals surface area contributed by atoms with E-state index in [1.807, 2.05) is 36.4 Å². The molecule has 3 aromatic rings. The number of para-hydroxylation sites is 1. The maximum Gasteiger partial charge on any atom is 0.149 e. The summed E-state index contributed by atoms with van der Waals surface area (Å²) in [4.78, 5) is 4.07. The third kappa shape index (κ3) is 2.44. The van der Waals surface area contributed by atoms with Gasteiger partial charge in [0.15, 0.2) is 0 Å². The molecule has 1 aromatic heterocycles. The molecule has 0 saturated heterocycles. The SMILES string of the molecule is Fc1cccc2c(Nc3ccc(Br)cc3)ccnc12. The van der Waals surface area contributed by atoms with Crippen LogP contribution in [0.2, 0.25) is 0 Å². The lowest BCUT2D eigenvalue weighted by atomic mass is 10.1. The Morgan fingerprint density at radius 2 is 1.79 bits per heavy atom. The molecule has 3 rings (SSSR count). The normalized spacial score (nSPS) is 10.6. The van der Waals surface area contributed by atoms with Gasteiger partial charge in [-0.3, -0.25) is 4.98 Å². The van der Waals surface area contributed by atoms with Crippen LogP contribution in [0.15, 0.2) is 59.2 Å². The molecule has 0 spiro atoms. The summed E-state index contributed by atoms with van der Waals surface area (Å²) in [5.74, 6) is -0.308. The highest BCUT2D eigenvalue weighted by molar-refractivity contribution is 9.10. The third-order valence-corrected chi connectivity index (χ3v) is 3.37. The zero-order chi connectivity index (χ0) is 13.2. The zero-order valence-corrected chi connectivity index (χ0v) is 11.5. The Morgan fingerprint density at radius 1 is 1.00 bits per heavy atom. The summed E-state index contributed by atoms with van der Waals surface area (Å²) in [5, 5.41) is 4.04. The molecule has 0 bridgehead atoms. The Labute approximate surface area is 118 Å². The second-order valence-electron chi connectivity index (χ2n) is 4.13. The van der Waals surface area contributed by atoms with Gasteiger partial charge in [0, 0.05) is 27.4 Å². The molecular formula is C15H10BrFN2. The van der Waals surface area contributed by atoms with Crippen LogP contribution in [-0.4, -0.2) is 4.98 Å². The highest BCUT2D eigenvalue weighted by Crippen LogP contribution is 2.26. The van der Waals surface area contributed by atoms with E-state index in [1.54, 1.807) is 12.3 Å². The van der Waals surface area contributed by atoms with E-state index < -0.39 is 0 Å². The van der Waals surface area contributed by atoms with Crippen molar-refractivity contribution in [3.05, 3.63) is 65.0 Å². The lowest BCUT2D eigenvalue weighted by Crippen LogP contribution is -1.93. The van der Waals surface area contributed by atoms with E-state index in [4.69, 9.17) is 0 Å². The van der Waals surface area contributed by atoms with Crippen molar-refractivity contribution < 1.29 is 4.39 Å².